The third-order valence-corrected chi connectivity index (χ3v) is 6.11. The first-order valence-electron chi connectivity index (χ1n) is 11.1. The molecule has 9 heteroatoms. The number of imidazole rings is 1. The van der Waals surface area contributed by atoms with Gasteiger partial charge in [0.2, 0.25) is 0 Å². The number of rotatable bonds is 4. The van der Waals surface area contributed by atoms with Crippen LogP contribution in [0, 0.1) is 11.8 Å². The minimum absolute atomic E-state index is 0.215. The van der Waals surface area contributed by atoms with Gasteiger partial charge < -0.3 is 15.4 Å². The van der Waals surface area contributed by atoms with Crippen LogP contribution >= 0.6 is 0 Å². The van der Waals surface area contributed by atoms with E-state index >= 15 is 0 Å². The average Bonchev–Trinajstić information content (AvgIpc) is 3.43. The number of para-hydroxylation sites is 1. The summed E-state index contributed by atoms with van der Waals surface area (Å²) in [5.74, 6) is 6.68. The lowest BCUT2D eigenvalue weighted by molar-refractivity contribution is -0.124. The third-order valence-electron chi connectivity index (χ3n) is 6.11. The summed E-state index contributed by atoms with van der Waals surface area (Å²) in [6, 6.07) is 9.05. The van der Waals surface area contributed by atoms with Crippen molar-refractivity contribution in [3.05, 3.63) is 71.1 Å². The Morgan fingerprint density at radius 1 is 1.21 bits per heavy atom. The molecule has 3 aromatic rings. The van der Waals surface area contributed by atoms with Crippen LogP contribution in [0.15, 0.2) is 65.4 Å². The summed E-state index contributed by atoms with van der Waals surface area (Å²) in [4.78, 5) is 36.1. The number of ether oxygens (including phenoxy) is 1. The summed E-state index contributed by atoms with van der Waals surface area (Å²) in [6.07, 6.45) is 8.28. The highest BCUT2D eigenvalue weighted by Gasteiger charge is 2.32. The summed E-state index contributed by atoms with van der Waals surface area (Å²) in [7, 11) is 0. The van der Waals surface area contributed by atoms with Gasteiger partial charge in [0.1, 0.15) is 23.4 Å². The van der Waals surface area contributed by atoms with Crippen LogP contribution in [0.1, 0.15) is 31.8 Å². The molecule has 1 saturated heterocycles. The van der Waals surface area contributed by atoms with Crippen molar-refractivity contribution in [3.8, 4) is 17.6 Å². The van der Waals surface area contributed by atoms with Gasteiger partial charge in [0.05, 0.1) is 12.1 Å². The zero-order chi connectivity index (χ0) is 23.7. The molecule has 0 saturated carbocycles. The van der Waals surface area contributed by atoms with Gasteiger partial charge in [-0.1, -0.05) is 30.2 Å². The molecule has 2 atom stereocenters. The smallest absolute Gasteiger partial charge is 0.331 e. The molecule has 1 aliphatic carbocycles. The Kier molecular flexibility index (Phi) is 5.64. The predicted octanol–water partition coefficient (Wildman–Crippen LogP) is 2.44. The Balaban J connectivity index is 1.47. The number of carbonyl (C=O) groups excluding carboxylic acids is 1. The van der Waals surface area contributed by atoms with Crippen LogP contribution in [0.2, 0.25) is 0 Å². The first-order chi connectivity index (χ1) is 16.6. The SMILES string of the molecule is CC#CC(=O)N1CC[C@@H](n2c(=O)n(C3C=CC(Oc4ccccc4)=CC3)c3c(N)ncnc32)C1. The van der Waals surface area contributed by atoms with Gasteiger partial charge in [-0.2, -0.15) is 0 Å². The van der Waals surface area contributed by atoms with Crippen LogP contribution in [-0.2, 0) is 4.79 Å². The lowest BCUT2D eigenvalue weighted by Crippen LogP contribution is -2.32. The van der Waals surface area contributed by atoms with Gasteiger partial charge in [0.25, 0.3) is 5.91 Å². The van der Waals surface area contributed by atoms with E-state index < -0.39 is 0 Å². The predicted molar refractivity (Wildman–Crippen MR) is 128 cm³/mol. The van der Waals surface area contributed by atoms with E-state index in [-0.39, 0.29) is 29.5 Å². The number of nitrogen functional groups attached to an aromatic ring is 1. The molecule has 0 radical (unpaired) electrons. The Labute approximate surface area is 196 Å². The number of nitrogens with two attached hydrogens (primary N) is 1. The molecule has 1 fully saturated rings. The van der Waals surface area contributed by atoms with Crippen molar-refractivity contribution in [1.29, 1.82) is 0 Å². The molecule has 1 aliphatic heterocycles. The molecule has 1 unspecified atom stereocenters. The number of fused-ring (bicyclic) bond motifs is 1. The molecule has 1 aromatic carbocycles. The summed E-state index contributed by atoms with van der Waals surface area (Å²) < 4.78 is 9.20. The van der Waals surface area contributed by atoms with Crippen LogP contribution in [0.3, 0.4) is 0 Å². The number of anilines is 1. The Morgan fingerprint density at radius 3 is 2.76 bits per heavy atom. The van der Waals surface area contributed by atoms with Crippen LogP contribution in [0.4, 0.5) is 5.82 Å². The third kappa shape index (κ3) is 3.83. The molecule has 1 amide bonds. The van der Waals surface area contributed by atoms with Crippen molar-refractivity contribution in [1.82, 2.24) is 24.0 Å². The van der Waals surface area contributed by atoms with Crippen molar-refractivity contribution in [3.63, 3.8) is 0 Å². The molecule has 3 heterocycles. The standard InChI is InChI=1S/C25H24N6O3/c1-2-6-21(32)29-14-13-18(15-29)31-24-22(23(26)27-16-28-24)30(25(31)33)17-9-11-20(12-10-17)34-19-7-4-3-5-8-19/h3-5,7-9,11-12,16-18H,10,13-15H2,1H3,(H2,26,27,28)/t17?,18-/m1/s1. The number of carbonyl (C=O) groups is 1. The van der Waals surface area contributed by atoms with E-state index in [1.807, 2.05) is 48.6 Å². The first kappa shape index (κ1) is 21.5. The second-order valence-electron chi connectivity index (χ2n) is 8.21. The number of hydrogen-bond acceptors (Lipinski definition) is 6. The lowest BCUT2D eigenvalue weighted by atomic mass is 10.1. The number of hydrogen-bond donors (Lipinski definition) is 1. The number of amides is 1. The zero-order valence-corrected chi connectivity index (χ0v) is 18.7. The maximum absolute atomic E-state index is 13.7. The molecule has 34 heavy (non-hydrogen) atoms. The van der Waals surface area contributed by atoms with Crippen molar-refractivity contribution in [2.45, 2.75) is 31.8 Å². The fraction of sp³-hybridized carbons (Fsp3) is 0.280. The van der Waals surface area contributed by atoms with E-state index in [1.165, 1.54) is 6.33 Å². The Hall–Kier alpha value is -4.32. The van der Waals surface area contributed by atoms with Gasteiger partial charge in [-0.15, -0.1) is 0 Å². The van der Waals surface area contributed by atoms with Gasteiger partial charge >= 0.3 is 5.69 Å². The summed E-state index contributed by atoms with van der Waals surface area (Å²) in [5.41, 5.74) is 6.97. The maximum Gasteiger partial charge on any atom is 0.331 e. The highest BCUT2D eigenvalue weighted by atomic mass is 16.5. The molecule has 2 aromatic heterocycles. The van der Waals surface area contributed by atoms with E-state index in [0.717, 1.165) is 5.75 Å². The largest absolute Gasteiger partial charge is 0.458 e. The van der Waals surface area contributed by atoms with Crippen LogP contribution in [0.25, 0.3) is 11.2 Å². The normalized spacial score (nSPS) is 19.6. The second-order valence-corrected chi connectivity index (χ2v) is 8.21. The molecule has 2 N–H and O–H groups in total. The maximum atomic E-state index is 13.7. The molecule has 5 rings (SSSR count). The van der Waals surface area contributed by atoms with Gasteiger partial charge in [0.15, 0.2) is 11.5 Å². The topological polar surface area (TPSA) is 108 Å². The Morgan fingerprint density at radius 2 is 2.03 bits per heavy atom. The van der Waals surface area contributed by atoms with E-state index in [2.05, 4.69) is 21.8 Å². The monoisotopic (exact) mass is 456 g/mol. The number of likely N-dealkylation sites (tertiary alicyclic amines) is 1. The molecule has 172 valence electrons. The van der Waals surface area contributed by atoms with E-state index in [4.69, 9.17) is 10.5 Å². The zero-order valence-electron chi connectivity index (χ0n) is 18.7. The first-order valence-corrected chi connectivity index (χ1v) is 11.1. The van der Waals surface area contributed by atoms with Crippen molar-refractivity contribution < 1.29 is 9.53 Å². The fourth-order valence-electron chi connectivity index (χ4n) is 4.53. The Bertz CT molecular complexity index is 1420. The number of allylic oxidation sites excluding steroid dienone is 3. The summed E-state index contributed by atoms with van der Waals surface area (Å²) in [6.45, 7) is 2.56. The van der Waals surface area contributed by atoms with Crippen molar-refractivity contribution >= 4 is 22.9 Å². The summed E-state index contributed by atoms with van der Waals surface area (Å²) >= 11 is 0. The second kappa shape index (κ2) is 8.90. The molecule has 0 bridgehead atoms. The minimum atomic E-state index is -0.266. The van der Waals surface area contributed by atoms with Gasteiger partial charge in [0, 0.05) is 13.1 Å². The molecule has 2 aliphatic rings. The number of benzene rings is 1. The van der Waals surface area contributed by atoms with Crippen LogP contribution < -0.4 is 16.2 Å². The van der Waals surface area contributed by atoms with E-state index in [0.29, 0.717) is 42.9 Å². The van der Waals surface area contributed by atoms with Crippen LogP contribution in [0.5, 0.6) is 5.75 Å². The van der Waals surface area contributed by atoms with Crippen LogP contribution in [-0.4, -0.2) is 43.0 Å². The van der Waals surface area contributed by atoms with Gasteiger partial charge in [-0.05, 0) is 50.0 Å². The average molecular weight is 457 g/mol. The van der Waals surface area contributed by atoms with E-state index in [9.17, 15) is 9.59 Å². The van der Waals surface area contributed by atoms with Gasteiger partial charge in [-0.25, -0.2) is 14.8 Å². The molecular formula is C25H24N6O3. The van der Waals surface area contributed by atoms with Crippen molar-refractivity contribution in [2.24, 2.45) is 0 Å². The number of nitrogens with zero attached hydrogens (tertiary/aromatic N) is 5. The summed E-state index contributed by atoms with van der Waals surface area (Å²) in [5, 5.41) is 0. The number of aromatic nitrogens is 4. The highest BCUT2D eigenvalue weighted by molar-refractivity contribution is 5.93. The lowest BCUT2D eigenvalue weighted by Gasteiger charge is -2.18. The minimum Gasteiger partial charge on any atom is -0.458 e. The van der Waals surface area contributed by atoms with E-state index in [1.54, 1.807) is 21.0 Å². The highest BCUT2D eigenvalue weighted by Crippen LogP contribution is 2.30. The van der Waals surface area contributed by atoms with Crippen molar-refractivity contribution in [2.75, 3.05) is 18.8 Å². The molecular weight excluding hydrogens is 432 g/mol. The van der Waals surface area contributed by atoms with Gasteiger partial charge in [-0.3, -0.25) is 13.9 Å². The fourth-order valence-corrected chi connectivity index (χ4v) is 4.53. The quantitative estimate of drug-likeness (QED) is 0.604. The molecule has 0 spiro atoms. The molecule has 9 nitrogen and oxygen atoms in total.